The summed E-state index contributed by atoms with van der Waals surface area (Å²) in [7, 11) is 1.86. The van der Waals surface area contributed by atoms with Crippen LogP contribution in [0.4, 0.5) is 13.2 Å². The standard InChI is InChI=1S/C25H36N4O.C24H35FN2O.C20H29F2NO.3H2/c1-24(2,3)11-14-29-15-12-25(13-16-29)10-9-21(19-7-5-6-8-20(19)25)27-23(30)22-17-26-18-28(22)4;1-23(2,3)10-13-27-14-11-24(12-15-27)9-8-21(26-22(28)17-4-5-17)19-7-6-18(25)16-20(19)24;1-18(2,3)8-11-23-12-9-19(10-13-23)14-20(21,22)17(24)15-6-4-5-7-16(15)19;;;/h5-8,17-18,21H,9-16H2,1-4H3,(H,27,30);6-7,16-17,21H,4-5,8-15H2,1-3H3,(H,26,28);4-7,17,24H,8-14H2,1-3H3;3*1H/t2*21-;;;;/m10..../s1. The van der Waals surface area contributed by atoms with Crippen LogP contribution in [0, 0.1) is 28.0 Å². The number of nitrogens with zero attached hydrogens (tertiary/aromatic N) is 5. The molecule has 2 amide bonds. The fourth-order valence-corrected chi connectivity index (χ4v) is 14.4. The third-order valence-electron chi connectivity index (χ3n) is 20.1. The molecule has 11 rings (SSSR count). The van der Waals surface area contributed by atoms with Crippen LogP contribution in [0.15, 0.2) is 79.3 Å². The molecule has 13 heteroatoms. The van der Waals surface area contributed by atoms with E-state index in [2.05, 4.69) is 117 Å². The lowest BCUT2D eigenvalue weighted by Gasteiger charge is -2.49. The van der Waals surface area contributed by atoms with Crippen LogP contribution in [0.5, 0.6) is 0 Å². The molecule has 4 aliphatic carbocycles. The summed E-state index contributed by atoms with van der Waals surface area (Å²) < 4.78 is 44.9. The van der Waals surface area contributed by atoms with Gasteiger partial charge in [0, 0.05) is 29.1 Å². The van der Waals surface area contributed by atoms with Crippen molar-refractivity contribution in [3.8, 4) is 0 Å². The Balaban J connectivity index is 0.000000202. The van der Waals surface area contributed by atoms with Gasteiger partial charge in [-0.15, -0.1) is 0 Å². The van der Waals surface area contributed by atoms with Gasteiger partial charge in [-0.1, -0.05) is 117 Å². The zero-order valence-electron chi connectivity index (χ0n) is 51.6. The second kappa shape index (κ2) is 24.8. The lowest BCUT2D eigenvalue weighted by molar-refractivity contribution is -0.143. The average molecular weight is 1140 g/mol. The number of aliphatic hydroxyl groups excluding tert-OH is 1. The molecule has 10 nitrogen and oxygen atoms in total. The molecule has 456 valence electrons. The van der Waals surface area contributed by atoms with E-state index in [9.17, 15) is 27.9 Å². The van der Waals surface area contributed by atoms with Crippen molar-refractivity contribution in [1.82, 2.24) is 34.9 Å². The minimum Gasteiger partial charge on any atom is -0.382 e. The summed E-state index contributed by atoms with van der Waals surface area (Å²) in [6.07, 6.45) is 17.3. The van der Waals surface area contributed by atoms with Gasteiger partial charge in [0.2, 0.25) is 5.91 Å². The lowest BCUT2D eigenvalue weighted by atomic mass is 9.63. The number of carbonyl (C=O) groups is 2. The number of imidazole rings is 1. The maximum Gasteiger partial charge on any atom is 0.278 e. The molecule has 4 fully saturated rings. The van der Waals surface area contributed by atoms with Crippen LogP contribution in [0.3, 0.4) is 0 Å². The molecule has 82 heavy (non-hydrogen) atoms. The van der Waals surface area contributed by atoms with Crippen molar-refractivity contribution in [2.75, 3.05) is 58.9 Å². The van der Waals surface area contributed by atoms with Crippen molar-refractivity contribution in [3.05, 3.63) is 124 Å². The minimum atomic E-state index is -3.04. The van der Waals surface area contributed by atoms with E-state index in [1.54, 1.807) is 41.4 Å². The summed E-state index contributed by atoms with van der Waals surface area (Å²) in [6, 6.07) is 21.4. The fraction of sp³-hybridized carbons (Fsp3) is 0.667. The largest absolute Gasteiger partial charge is 0.382 e. The topological polar surface area (TPSA) is 106 Å². The molecule has 3 atom stereocenters. The molecule has 3 N–H and O–H groups in total. The number of hydrogen-bond acceptors (Lipinski definition) is 7. The first kappa shape index (κ1) is 62.0. The van der Waals surface area contributed by atoms with E-state index < -0.39 is 17.4 Å². The Morgan fingerprint density at radius 1 is 0.598 bits per heavy atom. The number of benzene rings is 3. The predicted molar refractivity (Wildman–Crippen MR) is 330 cm³/mol. The third-order valence-corrected chi connectivity index (χ3v) is 20.1. The smallest absolute Gasteiger partial charge is 0.278 e. The number of piperidine rings is 3. The fourth-order valence-electron chi connectivity index (χ4n) is 14.4. The molecule has 1 saturated carbocycles. The molecule has 3 aliphatic heterocycles. The molecule has 3 aromatic carbocycles. The summed E-state index contributed by atoms with van der Waals surface area (Å²) in [5, 5.41) is 16.6. The van der Waals surface area contributed by atoms with E-state index in [0.29, 0.717) is 27.5 Å². The monoisotopic (exact) mass is 1140 g/mol. The summed E-state index contributed by atoms with van der Waals surface area (Å²) in [5.41, 5.74) is 7.98. The van der Waals surface area contributed by atoms with E-state index in [0.717, 1.165) is 127 Å². The number of aliphatic hydroxyl groups is 1. The summed E-state index contributed by atoms with van der Waals surface area (Å²) >= 11 is 0. The lowest BCUT2D eigenvalue weighted by Crippen LogP contribution is -2.50. The normalized spacial score (nSPS) is 24.0. The molecule has 1 unspecified atom stereocenters. The van der Waals surface area contributed by atoms with Gasteiger partial charge in [-0.2, -0.15) is 0 Å². The first-order valence-corrected chi connectivity index (χ1v) is 31.5. The number of aromatic nitrogens is 2. The molecular formula is C69H106F3N7O3. The highest BCUT2D eigenvalue weighted by Gasteiger charge is 2.55. The summed E-state index contributed by atoms with van der Waals surface area (Å²) in [5.74, 6) is -2.83. The van der Waals surface area contributed by atoms with Gasteiger partial charge in [-0.25, -0.2) is 18.2 Å². The number of amides is 2. The Kier molecular flexibility index (Phi) is 18.7. The Hall–Kier alpha value is -4.56. The quantitative estimate of drug-likeness (QED) is 0.145. The minimum absolute atomic E-state index is 0. The number of aryl methyl sites for hydroxylation is 1. The first-order chi connectivity index (χ1) is 38.7. The van der Waals surface area contributed by atoms with Crippen LogP contribution in [-0.2, 0) is 28.1 Å². The predicted octanol–water partition coefficient (Wildman–Crippen LogP) is 14.7. The van der Waals surface area contributed by atoms with Crippen molar-refractivity contribution >= 4 is 11.8 Å². The van der Waals surface area contributed by atoms with Crippen LogP contribution in [-0.4, -0.2) is 106 Å². The van der Waals surface area contributed by atoms with E-state index >= 15 is 0 Å². The molecule has 4 aromatic rings. The molecule has 0 radical (unpaired) electrons. The number of likely N-dealkylation sites (tertiary alicyclic amines) is 3. The Morgan fingerprint density at radius 2 is 1.04 bits per heavy atom. The zero-order chi connectivity index (χ0) is 58.9. The number of hydrogen-bond donors (Lipinski definition) is 3. The van der Waals surface area contributed by atoms with Gasteiger partial charge in [0.1, 0.15) is 17.6 Å². The van der Waals surface area contributed by atoms with Crippen LogP contribution in [0.25, 0.3) is 0 Å². The van der Waals surface area contributed by atoms with Gasteiger partial charge in [0.25, 0.3) is 11.8 Å². The molecule has 1 aromatic heterocycles. The second-order valence-electron chi connectivity index (χ2n) is 29.9. The number of fused-ring (bicyclic) bond motifs is 6. The summed E-state index contributed by atoms with van der Waals surface area (Å²) in [4.78, 5) is 36.8. The number of alkyl halides is 2. The van der Waals surface area contributed by atoms with Gasteiger partial charge < -0.3 is 35.0 Å². The van der Waals surface area contributed by atoms with Crippen molar-refractivity contribution in [2.24, 2.45) is 29.2 Å². The van der Waals surface area contributed by atoms with Gasteiger partial charge in [-0.3, -0.25) is 9.59 Å². The van der Waals surface area contributed by atoms with Crippen LogP contribution < -0.4 is 10.6 Å². The van der Waals surface area contributed by atoms with Gasteiger partial charge in [0.05, 0.1) is 24.6 Å². The van der Waals surface area contributed by atoms with E-state index in [1.807, 2.05) is 25.2 Å². The maximum absolute atomic E-state index is 14.4. The number of rotatable bonds is 10. The van der Waals surface area contributed by atoms with Crippen molar-refractivity contribution in [2.45, 2.75) is 205 Å². The van der Waals surface area contributed by atoms with Gasteiger partial charge >= 0.3 is 0 Å². The number of halogens is 3. The Morgan fingerprint density at radius 3 is 1.51 bits per heavy atom. The molecule has 4 heterocycles. The van der Waals surface area contributed by atoms with E-state index in [4.69, 9.17) is 0 Å². The molecule has 7 aliphatic rings. The molecule has 3 saturated heterocycles. The Bertz CT molecular complexity index is 2820. The van der Waals surface area contributed by atoms with Gasteiger partial charge in [0.15, 0.2) is 0 Å². The second-order valence-corrected chi connectivity index (χ2v) is 29.9. The van der Waals surface area contributed by atoms with Crippen LogP contribution in [0.1, 0.15) is 231 Å². The van der Waals surface area contributed by atoms with E-state index in [1.165, 1.54) is 56.4 Å². The Labute approximate surface area is 494 Å². The highest BCUT2D eigenvalue weighted by atomic mass is 19.3. The van der Waals surface area contributed by atoms with Crippen LogP contribution in [0.2, 0.25) is 0 Å². The highest BCUT2D eigenvalue weighted by Crippen LogP contribution is 2.55. The maximum atomic E-state index is 14.4. The van der Waals surface area contributed by atoms with Crippen molar-refractivity contribution in [3.63, 3.8) is 0 Å². The van der Waals surface area contributed by atoms with Crippen molar-refractivity contribution < 1.29 is 32.1 Å². The first-order valence-electron chi connectivity index (χ1n) is 31.5. The highest BCUT2D eigenvalue weighted by molar-refractivity contribution is 5.92. The SMILES string of the molecule is CC(C)(C)CCN1CCC2(CC1)CC(F)(F)C(O)c1ccccc12.CC(C)(C)CCN1CCC2(CC[C@H](NC(=O)C3CC3)c3ccc(F)cc32)CC1.Cn1cncc1C(=O)N[C@@H]1CCC2(CCN(CCC(C)(C)C)CC2)c2ccccc21.[HH].[HH].[HH]. The average Bonchev–Trinajstić information content (AvgIpc) is 1.32. The molecular weight excluding hydrogens is 1030 g/mol. The third kappa shape index (κ3) is 14.9. The van der Waals surface area contributed by atoms with Crippen LogP contribution >= 0.6 is 0 Å². The molecule has 3 spiro atoms. The number of nitrogens with one attached hydrogen (secondary N) is 2. The molecule has 0 bridgehead atoms. The zero-order valence-corrected chi connectivity index (χ0v) is 51.6. The summed E-state index contributed by atoms with van der Waals surface area (Å²) in [6.45, 7) is 30.2. The van der Waals surface area contributed by atoms with Crippen molar-refractivity contribution in [1.29, 1.82) is 0 Å². The van der Waals surface area contributed by atoms with E-state index in [-0.39, 0.29) is 57.2 Å². The van der Waals surface area contributed by atoms with Gasteiger partial charge in [-0.05, 0) is 228 Å². The number of carbonyl (C=O) groups excluding carboxylic acids is 2.